The smallest absolute Gasteiger partial charge is 0.271 e. The first-order valence-electron chi connectivity index (χ1n) is 6.21. The second-order valence-corrected chi connectivity index (χ2v) is 5.34. The van der Waals surface area contributed by atoms with Crippen LogP contribution in [0.5, 0.6) is 0 Å². The highest BCUT2D eigenvalue weighted by Gasteiger charge is 2.07. The van der Waals surface area contributed by atoms with E-state index in [1.54, 1.807) is 23.5 Å². The molecule has 5 nitrogen and oxygen atoms in total. The van der Waals surface area contributed by atoms with Crippen LogP contribution in [0.15, 0.2) is 18.3 Å². The van der Waals surface area contributed by atoms with Crippen molar-refractivity contribution in [2.45, 2.75) is 26.7 Å². The molecule has 0 fully saturated rings. The summed E-state index contributed by atoms with van der Waals surface area (Å²) in [4.78, 5) is 17.4. The second-order valence-electron chi connectivity index (χ2n) is 4.14. The maximum atomic E-state index is 11.8. The maximum absolute atomic E-state index is 11.8. The van der Waals surface area contributed by atoms with Crippen LogP contribution in [0, 0.1) is 6.92 Å². The Hall–Kier alpha value is -1.82. The number of carbonyl (C=O) groups excluding carboxylic acids is 1. The minimum absolute atomic E-state index is 0.195. The molecular weight excluding hydrogens is 260 g/mol. The summed E-state index contributed by atoms with van der Waals surface area (Å²) in [5, 5.41) is 11.6. The van der Waals surface area contributed by atoms with Gasteiger partial charge in [0.15, 0.2) is 5.69 Å². The fourth-order valence-electron chi connectivity index (χ4n) is 1.52. The lowest BCUT2D eigenvalue weighted by Gasteiger charge is -2.02. The van der Waals surface area contributed by atoms with Crippen molar-refractivity contribution in [2.75, 3.05) is 6.54 Å². The summed E-state index contributed by atoms with van der Waals surface area (Å²) in [6.45, 7) is 4.50. The lowest BCUT2D eigenvalue weighted by molar-refractivity contribution is 0.0948. The molecule has 0 spiro atoms. The minimum Gasteiger partial charge on any atom is -0.350 e. The first-order valence-corrected chi connectivity index (χ1v) is 7.03. The molecular formula is C13H16N4OS. The molecule has 2 heterocycles. The number of hydrogen-bond acceptors (Lipinski definition) is 5. The summed E-state index contributed by atoms with van der Waals surface area (Å²) >= 11 is 1.69. The lowest BCUT2D eigenvalue weighted by atomic mass is 10.3. The number of aryl methyl sites for hydroxylation is 2. The van der Waals surface area contributed by atoms with Gasteiger partial charge in [-0.05, 0) is 25.5 Å². The minimum atomic E-state index is -0.195. The molecule has 1 amide bonds. The fourth-order valence-corrected chi connectivity index (χ4v) is 2.38. The molecule has 0 aliphatic carbocycles. The third-order valence-electron chi connectivity index (χ3n) is 2.60. The Kier molecular flexibility index (Phi) is 4.57. The quantitative estimate of drug-likeness (QED) is 0.904. The molecule has 0 aliphatic heterocycles. The standard InChI is InChI=1S/C13H16N4OS/c1-3-10-8-15-12(19-10)6-7-14-13(18)11-5-4-9(2)16-17-11/h4-5,8H,3,6-7H2,1-2H3,(H,14,18). The summed E-state index contributed by atoms with van der Waals surface area (Å²) in [5.74, 6) is -0.195. The third-order valence-corrected chi connectivity index (χ3v) is 3.81. The zero-order valence-corrected chi connectivity index (χ0v) is 11.8. The van der Waals surface area contributed by atoms with Gasteiger partial charge in [-0.2, -0.15) is 5.10 Å². The Labute approximate surface area is 116 Å². The van der Waals surface area contributed by atoms with Gasteiger partial charge in [-0.15, -0.1) is 16.4 Å². The number of thiazole rings is 1. The Bertz CT molecular complexity index is 550. The molecule has 2 aromatic rings. The van der Waals surface area contributed by atoms with E-state index in [4.69, 9.17) is 0 Å². The van der Waals surface area contributed by atoms with Crippen molar-refractivity contribution < 1.29 is 4.79 Å². The zero-order valence-electron chi connectivity index (χ0n) is 11.0. The average molecular weight is 276 g/mol. The van der Waals surface area contributed by atoms with E-state index in [-0.39, 0.29) is 5.91 Å². The molecule has 0 saturated heterocycles. The van der Waals surface area contributed by atoms with E-state index in [9.17, 15) is 4.79 Å². The third kappa shape index (κ3) is 3.82. The topological polar surface area (TPSA) is 67.8 Å². The van der Waals surface area contributed by atoms with Crippen LogP contribution in [-0.2, 0) is 12.8 Å². The predicted molar refractivity (Wildman–Crippen MR) is 74.3 cm³/mol. The molecule has 0 unspecified atom stereocenters. The molecule has 1 N–H and O–H groups in total. The largest absolute Gasteiger partial charge is 0.350 e. The van der Waals surface area contributed by atoms with Crippen LogP contribution < -0.4 is 5.32 Å². The normalized spacial score (nSPS) is 10.4. The number of nitrogens with one attached hydrogen (secondary N) is 1. The van der Waals surface area contributed by atoms with E-state index in [2.05, 4.69) is 27.4 Å². The number of nitrogens with zero attached hydrogens (tertiary/aromatic N) is 3. The summed E-state index contributed by atoms with van der Waals surface area (Å²) in [7, 11) is 0. The molecule has 0 aliphatic rings. The molecule has 6 heteroatoms. The summed E-state index contributed by atoms with van der Waals surface area (Å²) in [6, 6.07) is 3.45. The van der Waals surface area contributed by atoms with Crippen LogP contribution in [0.4, 0.5) is 0 Å². The molecule has 0 atom stereocenters. The SMILES string of the molecule is CCc1cnc(CCNC(=O)c2ccc(C)nn2)s1. The molecule has 19 heavy (non-hydrogen) atoms. The van der Waals surface area contributed by atoms with E-state index in [0.717, 1.165) is 23.5 Å². The van der Waals surface area contributed by atoms with Crippen molar-refractivity contribution in [1.29, 1.82) is 0 Å². The number of hydrogen-bond donors (Lipinski definition) is 1. The van der Waals surface area contributed by atoms with E-state index in [1.165, 1.54) is 4.88 Å². The Balaban J connectivity index is 1.82. The van der Waals surface area contributed by atoms with Crippen molar-refractivity contribution >= 4 is 17.2 Å². The second kappa shape index (κ2) is 6.38. The van der Waals surface area contributed by atoms with E-state index < -0.39 is 0 Å². The number of aromatic nitrogens is 3. The first-order chi connectivity index (χ1) is 9.19. The van der Waals surface area contributed by atoms with Crippen molar-refractivity contribution in [3.8, 4) is 0 Å². The average Bonchev–Trinajstić information content (AvgIpc) is 2.87. The zero-order chi connectivity index (χ0) is 13.7. The highest BCUT2D eigenvalue weighted by atomic mass is 32.1. The van der Waals surface area contributed by atoms with Gasteiger partial charge in [0.2, 0.25) is 0 Å². The van der Waals surface area contributed by atoms with Crippen molar-refractivity contribution in [2.24, 2.45) is 0 Å². The van der Waals surface area contributed by atoms with Gasteiger partial charge in [-0.1, -0.05) is 6.92 Å². The van der Waals surface area contributed by atoms with Crippen LogP contribution in [0.2, 0.25) is 0 Å². The number of carbonyl (C=O) groups is 1. The summed E-state index contributed by atoms with van der Waals surface area (Å²) in [6.07, 6.45) is 3.64. The van der Waals surface area contributed by atoms with Gasteiger partial charge in [0, 0.05) is 24.0 Å². The molecule has 0 saturated carbocycles. The van der Waals surface area contributed by atoms with Gasteiger partial charge < -0.3 is 5.32 Å². The Morgan fingerprint density at radius 2 is 2.21 bits per heavy atom. The molecule has 0 radical (unpaired) electrons. The van der Waals surface area contributed by atoms with Gasteiger partial charge in [0.05, 0.1) is 10.7 Å². The van der Waals surface area contributed by atoms with Gasteiger partial charge in [-0.25, -0.2) is 4.98 Å². The molecule has 0 aromatic carbocycles. The monoisotopic (exact) mass is 276 g/mol. The van der Waals surface area contributed by atoms with E-state index in [1.807, 2.05) is 13.1 Å². The van der Waals surface area contributed by atoms with Gasteiger partial charge >= 0.3 is 0 Å². The van der Waals surface area contributed by atoms with Crippen molar-refractivity contribution in [1.82, 2.24) is 20.5 Å². The molecule has 2 rings (SSSR count). The lowest BCUT2D eigenvalue weighted by Crippen LogP contribution is -2.26. The highest BCUT2D eigenvalue weighted by Crippen LogP contribution is 2.13. The Morgan fingerprint density at radius 1 is 1.37 bits per heavy atom. The van der Waals surface area contributed by atoms with Gasteiger partial charge in [0.25, 0.3) is 5.91 Å². The van der Waals surface area contributed by atoms with Crippen LogP contribution >= 0.6 is 11.3 Å². The van der Waals surface area contributed by atoms with E-state index in [0.29, 0.717) is 12.2 Å². The molecule has 2 aromatic heterocycles. The maximum Gasteiger partial charge on any atom is 0.271 e. The molecule has 0 bridgehead atoms. The number of rotatable bonds is 5. The Morgan fingerprint density at radius 3 is 2.84 bits per heavy atom. The fraction of sp³-hybridized carbons (Fsp3) is 0.385. The van der Waals surface area contributed by atoms with E-state index >= 15 is 0 Å². The predicted octanol–water partition coefficient (Wildman–Crippen LogP) is 1.78. The van der Waals surface area contributed by atoms with Crippen LogP contribution in [-0.4, -0.2) is 27.6 Å². The van der Waals surface area contributed by atoms with Crippen LogP contribution in [0.3, 0.4) is 0 Å². The van der Waals surface area contributed by atoms with Crippen LogP contribution in [0.25, 0.3) is 0 Å². The summed E-state index contributed by atoms with van der Waals surface area (Å²) in [5.41, 5.74) is 1.14. The van der Waals surface area contributed by atoms with Gasteiger partial charge in [0.1, 0.15) is 0 Å². The molecule has 100 valence electrons. The van der Waals surface area contributed by atoms with Crippen molar-refractivity contribution in [3.63, 3.8) is 0 Å². The highest BCUT2D eigenvalue weighted by molar-refractivity contribution is 7.11. The number of amides is 1. The van der Waals surface area contributed by atoms with Crippen LogP contribution in [0.1, 0.15) is 33.0 Å². The van der Waals surface area contributed by atoms with Gasteiger partial charge in [-0.3, -0.25) is 4.79 Å². The first kappa shape index (κ1) is 13.6. The summed E-state index contributed by atoms with van der Waals surface area (Å²) < 4.78 is 0. The van der Waals surface area contributed by atoms with Crippen molar-refractivity contribution in [3.05, 3.63) is 39.6 Å².